The van der Waals surface area contributed by atoms with Gasteiger partial charge in [0.2, 0.25) is 0 Å². The fraction of sp³-hybridized carbons (Fsp3) is 0.438. The highest BCUT2D eigenvalue weighted by atomic mass is 32.2. The number of rotatable bonds is 6. The van der Waals surface area contributed by atoms with Crippen molar-refractivity contribution in [1.82, 2.24) is 15.5 Å². The summed E-state index contributed by atoms with van der Waals surface area (Å²) in [6.07, 6.45) is 3.91. The molecule has 5 nitrogen and oxygen atoms in total. The van der Waals surface area contributed by atoms with Crippen molar-refractivity contribution in [2.45, 2.75) is 43.5 Å². The van der Waals surface area contributed by atoms with E-state index in [1.54, 1.807) is 12.3 Å². The summed E-state index contributed by atoms with van der Waals surface area (Å²) in [4.78, 5) is 16.7. The van der Waals surface area contributed by atoms with E-state index in [4.69, 9.17) is 4.52 Å². The van der Waals surface area contributed by atoms with Crippen LogP contribution in [0.25, 0.3) is 0 Å². The number of nitrogens with zero attached hydrogens (tertiary/aromatic N) is 2. The van der Waals surface area contributed by atoms with Crippen molar-refractivity contribution >= 4 is 17.7 Å². The fourth-order valence-electron chi connectivity index (χ4n) is 2.43. The molecule has 0 aliphatic heterocycles. The minimum Gasteiger partial charge on any atom is -0.361 e. The zero-order valence-electron chi connectivity index (χ0n) is 12.7. The first-order chi connectivity index (χ1) is 10.7. The second-order valence-corrected chi connectivity index (χ2v) is 6.52. The fourth-order valence-corrected chi connectivity index (χ4v) is 3.30. The highest BCUT2D eigenvalue weighted by Crippen LogP contribution is 2.33. The first kappa shape index (κ1) is 15.1. The van der Waals surface area contributed by atoms with Crippen LogP contribution in [0.2, 0.25) is 0 Å². The van der Waals surface area contributed by atoms with E-state index < -0.39 is 0 Å². The molecule has 6 heteroatoms. The molecule has 2 aromatic rings. The van der Waals surface area contributed by atoms with Gasteiger partial charge in [0.1, 0.15) is 10.8 Å². The maximum atomic E-state index is 12.4. The molecular weight excluding hydrogens is 298 g/mol. The van der Waals surface area contributed by atoms with Crippen molar-refractivity contribution in [2.75, 3.05) is 0 Å². The molecule has 0 saturated heterocycles. The molecule has 22 heavy (non-hydrogen) atoms. The van der Waals surface area contributed by atoms with Crippen molar-refractivity contribution in [3.8, 4) is 0 Å². The number of nitrogens with one attached hydrogen (secondary N) is 1. The minimum atomic E-state index is -0.0344. The SMILES string of the molecule is CC[C@@H]1C[C@H]1NC(=O)c1cccnc1SCc1cc(C)on1. The highest BCUT2D eigenvalue weighted by molar-refractivity contribution is 7.98. The number of aromatic nitrogens is 2. The van der Waals surface area contributed by atoms with Crippen LogP contribution in [0.4, 0.5) is 0 Å². The van der Waals surface area contributed by atoms with Gasteiger partial charge in [-0.2, -0.15) is 0 Å². The van der Waals surface area contributed by atoms with Gasteiger partial charge in [-0.05, 0) is 31.4 Å². The molecule has 1 fully saturated rings. The van der Waals surface area contributed by atoms with E-state index in [2.05, 4.69) is 22.4 Å². The summed E-state index contributed by atoms with van der Waals surface area (Å²) in [5.41, 5.74) is 1.49. The Morgan fingerprint density at radius 1 is 1.55 bits per heavy atom. The summed E-state index contributed by atoms with van der Waals surface area (Å²) in [7, 11) is 0. The quantitative estimate of drug-likeness (QED) is 0.829. The van der Waals surface area contributed by atoms with Gasteiger partial charge in [-0.3, -0.25) is 4.79 Å². The summed E-state index contributed by atoms with van der Waals surface area (Å²) in [6.45, 7) is 4.02. The average Bonchev–Trinajstić information content (AvgIpc) is 3.15. The Morgan fingerprint density at radius 2 is 2.41 bits per heavy atom. The lowest BCUT2D eigenvalue weighted by Crippen LogP contribution is -2.27. The molecule has 1 saturated carbocycles. The third-order valence-electron chi connectivity index (χ3n) is 3.81. The predicted molar refractivity (Wildman–Crippen MR) is 84.7 cm³/mol. The minimum absolute atomic E-state index is 0.0344. The Hall–Kier alpha value is -1.82. The number of carbonyl (C=O) groups excluding carboxylic acids is 1. The summed E-state index contributed by atoms with van der Waals surface area (Å²) in [6, 6.07) is 5.84. The molecule has 0 spiro atoms. The summed E-state index contributed by atoms with van der Waals surface area (Å²) in [5.74, 6) is 2.02. The Bertz CT molecular complexity index is 671. The van der Waals surface area contributed by atoms with Crippen LogP contribution in [0.3, 0.4) is 0 Å². The van der Waals surface area contributed by atoms with Crippen LogP contribution >= 0.6 is 11.8 Å². The molecule has 0 radical (unpaired) electrons. The van der Waals surface area contributed by atoms with Gasteiger partial charge in [-0.1, -0.05) is 30.3 Å². The molecular formula is C16H19N3O2S. The Morgan fingerprint density at radius 3 is 3.09 bits per heavy atom. The van der Waals surface area contributed by atoms with Crippen LogP contribution in [0, 0.1) is 12.8 Å². The van der Waals surface area contributed by atoms with Crippen molar-refractivity contribution in [2.24, 2.45) is 5.92 Å². The highest BCUT2D eigenvalue weighted by Gasteiger charge is 2.36. The number of thioether (sulfide) groups is 1. The number of hydrogen-bond acceptors (Lipinski definition) is 5. The zero-order valence-corrected chi connectivity index (χ0v) is 13.5. The largest absolute Gasteiger partial charge is 0.361 e. The molecule has 1 amide bonds. The van der Waals surface area contributed by atoms with E-state index in [1.807, 2.05) is 19.1 Å². The van der Waals surface area contributed by atoms with Crippen LogP contribution in [0.15, 0.2) is 33.9 Å². The molecule has 2 atom stereocenters. The van der Waals surface area contributed by atoms with E-state index in [0.717, 1.165) is 29.3 Å². The third-order valence-corrected chi connectivity index (χ3v) is 4.85. The van der Waals surface area contributed by atoms with Crippen LogP contribution in [0.5, 0.6) is 0 Å². The second kappa shape index (κ2) is 6.52. The van der Waals surface area contributed by atoms with Gasteiger partial charge in [-0.25, -0.2) is 4.98 Å². The van der Waals surface area contributed by atoms with Crippen LogP contribution < -0.4 is 5.32 Å². The number of carbonyl (C=O) groups is 1. The molecule has 1 N–H and O–H groups in total. The Balaban J connectivity index is 1.65. The van der Waals surface area contributed by atoms with Crippen molar-refractivity contribution in [1.29, 1.82) is 0 Å². The van der Waals surface area contributed by atoms with E-state index in [9.17, 15) is 4.79 Å². The zero-order chi connectivity index (χ0) is 15.5. The molecule has 0 bridgehead atoms. The van der Waals surface area contributed by atoms with Crippen LogP contribution in [0.1, 0.15) is 41.6 Å². The van der Waals surface area contributed by atoms with Gasteiger partial charge < -0.3 is 9.84 Å². The van der Waals surface area contributed by atoms with Crippen LogP contribution in [-0.4, -0.2) is 22.1 Å². The second-order valence-electron chi connectivity index (χ2n) is 5.56. The van der Waals surface area contributed by atoms with Gasteiger partial charge in [0.25, 0.3) is 5.91 Å². The summed E-state index contributed by atoms with van der Waals surface area (Å²) < 4.78 is 5.05. The molecule has 2 aromatic heterocycles. The topological polar surface area (TPSA) is 68.0 Å². The van der Waals surface area contributed by atoms with E-state index in [0.29, 0.717) is 23.3 Å². The van der Waals surface area contributed by atoms with Gasteiger partial charge >= 0.3 is 0 Å². The number of pyridine rings is 1. The van der Waals surface area contributed by atoms with Gasteiger partial charge in [-0.15, -0.1) is 0 Å². The molecule has 1 aliphatic carbocycles. The number of aryl methyl sites for hydroxylation is 1. The van der Waals surface area contributed by atoms with Crippen molar-refractivity contribution in [3.63, 3.8) is 0 Å². The van der Waals surface area contributed by atoms with Gasteiger partial charge in [0.15, 0.2) is 0 Å². The summed E-state index contributed by atoms with van der Waals surface area (Å²) >= 11 is 1.50. The lowest BCUT2D eigenvalue weighted by molar-refractivity contribution is 0.0945. The normalized spacial score (nSPS) is 19.9. The monoisotopic (exact) mass is 317 g/mol. The number of amides is 1. The maximum absolute atomic E-state index is 12.4. The average molecular weight is 317 g/mol. The molecule has 0 unspecified atom stereocenters. The Kier molecular flexibility index (Phi) is 4.47. The first-order valence-corrected chi connectivity index (χ1v) is 8.46. The third kappa shape index (κ3) is 3.50. The maximum Gasteiger partial charge on any atom is 0.254 e. The molecule has 3 rings (SSSR count). The van der Waals surface area contributed by atoms with Crippen LogP contribution in [-0.2, 0) is 5.75 Å². The van der Waals surface area contributed by atoms with Crippen molar-refractivity contribution < 1.29 is 9.32 Å². The van der Waals surface area contributed by atoms with E-state index >= 15 is 0 Å². The van der Waals surface area contributed by atoms with Crippen molar-refractivity contribution in [3.05, 3.63) is 41.4 Å². The smallest absolute Gasteiger partial charge is 0.254 e. The van der Waals surface area contributed by atoms with Gasteiger partial charge in [0.05, 0.1) is 11.3 Å². The van der Waals surface area contributed by atoms with E-state index in [-0.39, 0.29) is 5.91 Å². The lowest BCUT2D eigenvalue weighted by Gasteiger charge is -2.08. The lowest BCUT2D eigenvalue weighted by atomic mass is 10.2. The molecule has 2 heterocycles. The van der Waals surface area contributed by atoms with Gasteiger partial charge in [0, 0.05) is 24.1 Å². The standard InChI is InChI=1S/C16H19N3O2S/c1-3-11-8-14(11)18-15(20)13-5-4-6-17-16(13)22-9-12-7-10(2)21-19-12/h4-7,11,14H,3,8-9H2,1-2H3,(H,18,20)/t11-,14-/m1/s1. The summed E-state index contributed by atoms with van der Waals surface area (Å²) in [5, 5.41) is 7.78. The molecule has 1 aliphatic rings. The first-order valence-electron chi connectivity index (χ1n) is 7.48. The molecule has 0 aromatic carbocycles. The Labute approximate surface area is 133 Å². The van der Waals surface area contributed by atoms with E-state index in [1.165, 1.54) is 11.8 Å². The number of hydrogen-bond donors (Lipinski definition) is 1. The molecule has 116 valence electrons. The predicted octanol–water partition coefficient (Wildman–Crippen LogP) is 3.20.